The number of rotatable bonds is 3. The summed E-state index contributed by atoms with van der Waals surface area (Å²) < 4.78 is 14.0. The Kier molecular flexibility index (Phi) is 4.32. The van der Waals surface area contributed by atoms with Crippen LogP contribution in [0.15, 0.2) is 53.0 Å². The van der Waals surface area contributed by atoms with Crippen LogP contribution in [0.5, 0.6) is 0 Å². The molecule has 1 atom stereocenters. The van der Waals surface area contributed by atoms with E-state index in [2.05, 4.69) is 21.2 Å². The summed E-state index contributed by atoms with van der Waals surface area (Å²) in [5, 5.41) is 2.84. The molecule has 0 bridgehead atoms. The Morgan fingerprint density at radius 1 is 1.21 bits per heavy atom. The first-order valence-electron chi connectivity index (χ1n) is 5.88. The van der Waals surface area contributed by atoms with Crippen molar-refractivity contribution in [2.45, 2.75) is 13.0 Å². The first kappa shape index (κ1) is 13.7. The molecule has 2 aromatic carbocycles. The number of carbonyl (C=O) groups excluding carboxylic acids is 1. The maximum Gasteiger partial charge on any atom is 0.251 e. The number of benzene rings is 2. The van der Waals surface area contributed by atoms with E-state index in [1.165, 1.54) is 18.2 Å². The summed E-state index contributed by atoms with van der Waals surface area (Å²) >= 11 is 3.36. The van der Waals surface area contributed by atoms with Crippen molar-refractivity contribution in [3.8, 4) is 0 Å². The summed E-state index contributed by atoms with van der Waals surface area (Å²) in [6.45, 7) is 1.89. The number of nitrogens with one attached hydrogen (secondary N) is 1. The molecule has 0 heterocycles. The summed E-state index contributed by atoms with van der Waals surface area (Å²) in [7, 11) is 0. The Hall–Kier alpha value is -1.68. The second-order valence-corrected chi connectivity index (χ2v) is 5.17. The molecule has 0 aromatic heterocycles. The Bertz CT molecular complexity index is 583. The first-order valence-corrected chi connectivity index (χ1v) is 6.67. The molecule has 4 heteroatoms. The standard InChI is InChI=1S/C15H13BrFNO/c1-10(11-5-7-13(16)8-6-11)18-15(19)12-3-2-4-14(17)9-12/h2-10H,1H3,(H,18,19). The van der Waals surface area contributed by atoms with Gasteiger partial charge in [-0.15, -0.1) is 0 Å². The van der Waals surface area contributed by atoms with E-state index in [4.69, 9.17) is 0 Å². The minimum atomic E-state index is -0.413. The SMILES string of the molecule is CC(NC(=O)c1cccc(F)c1)c1ccc(Br)cc1. The third-order valence-electron chi connectivity index (χ3n) is 2.80. The van der Waals surface area contributed by atoms with E-state index < -0.39 is 5.82 Å². The normalized spacial score (nSPS) is 11.9. The summed E-state index contributed by atoms with van der Waals surface area (Å²) in [5.74, 6) is -0.695. The quantitative estimate of drug-likeness (QED) is 0.906. The molecule has 0 spiro atoms. The molecule has 2 aromatic rings. The fourth-order valence-corrected chi connectivity index (χ4v) is 2.01. The molecule has 0 radical (unpaired) electrons. The maximum absolute atomic E-state index is 13.0. The van der Waals surface area contributed by atoms with Gasteiger partial charge in [0.05, 0.1) is 6.04 Å². The van der Waals surface area contributed by atoms with E-state index >= 15 is 0 Å². The number of hydrogen-bond acceptors (Lipinski definition) is 1. The highest BCUT2D eigenvalue weighted by Crippen LogP contribution is 2.17. The number of carbonyl (C=O) groups is 1. The van der Waals surface area contributed by atoms with Crippen LogP contribution in [0, 0.1) is 5.82 Å². The summed E-state index contributed by atoms with van der Waals surface area (Å²) in [5.41, 5.74) is 1.32. The van der Waals surface area contributed by atoms with Gasteiger partial charge in [-0.05, 0) is 42.8 Å². The van der Waals surface area contributed by atoms with Crippen LogP contribution in [0.4, 0.5) is 4.39 Å². The molecule has 0 saturated carbocycles. The van der Waals surface area contributed by atoms with E-state index in [9.17, 15) is 9.18 Å². The van der Waals surface area contributed by atoms with Gasteiger partial charge < -0.3 is 5.32 Å². The molecule has 0 fully saturated rings. The van der Waals surface area contributed by atoms with Gasteiger partial charge in [0.1, 0.15) is 5.82 Å². The highest BCUT2D eigenvalue weighted by molar-refractivity contribution is 9.10. The van der Waals surface area contributed by atoms with Crippen molar-refractivity contribution in [3.05, 3.63) is 69.9 Å². The van der Waals surface area contributed by atoms with Crippen LogP contribution in [-0.4, -0.2) is 5.91 Å². The topological polar surface area (TPSA) is 29.1 Å². The molecule has 0 aliphatic carbocycles. The molecular weight excluding hydrogens is 309 g/mol. The van der Waals surface area contributed by atoms with Gasteiger partial charge in [0, 0.05) is 10.0 Å². The van der Waals surface area contributed by atoms with E-state index in [-0.39, 0.29) is 11.9 Å². The van der Waals surface area contributed by atoms with Crippen LogP contribution >= 0.6 is 15.9 Å². The fourth-order valence-electron chi connectivity index (χ4n) is 1.74. The van der Waals surface area contributed by atoms with E-state index in [0.717, 1.165) is 10.0 Å². The van der Waals surface area contributed by atoms with Gasteiger partial charge in [-0.1, -0.05) is 34.1 Å². The minimum absolute atomic E-state index is 0.135. The molecular formula is C15H13BrFNO. The van der Waals surface area contributed by atoms with Gasteiger partial charge in [-0.3, -0.25) is 4.79 Å². The van der Waals surface area contributed by atoms with Gasteiger partial charge in [0.2, 0.25) is 0 Å². The highest BCUT2D eigenvalue weighted by Gasteiger charge is 2.11. The summed E-state index contributed by atoms with van der Waals surface area (Å²) in [6, 6.07) is 13.2. The van der Waals surface area contributed by atoms with Gasteiger partial charge in [0.25, 0.3) is 5.91 Å². The molecule has 19 heavy (non-hydrogen) atoms. The van der Waals surface area contributed by atoms with Crippen molar-refractivity contribution in [2.75, 3.05) is 0 Å². The molecule has 2 nitrogen and oxygen atoms in total. The molecule has 1 unspecified atom stereocenters. The van der Waals surface area contributed by atoms with Crippen LogP contribution in [0.2, 0.25) is 0 Å². The van der Waals surface area contributed by atoms with Crippen LogP contribution < -0.4 is 5.32 Å². The third-order valence-corrected chi connectivity index (χ3v) is 3.33. The number of hydrogen-bond donors (Lipinski definition) is 1. The molecule has 2 rings (SSSR count). The van der Waals surface area contributed by atoms with Gasteiger partial charge in [-0.25, -0.2) is 4.39 Å². The monoisotopic (exact) mass is 321 g/mol. The van der Waals surface area contributed by atoms with Crippen molar-refractivity contribution >= 4 is 21.8 Å². The van der Waals surface area contributed by atoms with Crippen molar-refractivity contribution in [1.29, 1.82) is 0 Å². The highest BCUT2D eigenvalue weighted by atomic mass is 79.9. The molecule has 1 amide bonds. The Balaban J connectivity index is 2.08. The predicted molar refractivity (Wildman–Crippen MR) is 76.4 cm³/mol. The molecule has 0 aliphatic heterocycles. The first-order chi connectivity index (χ1) is 9.06. The summed E-state index contributed by atoms with van der Waals surface area (Å²) in [4.78, 5) is 12.0. The zero-order valence-corrected chi connectivity index (χ0v) is 11.9. The van der Waals surface area contributed by atoms with Crippen molar-refractivity contribution in [1.82, 2.24) is 5.32 Å². The van der Waals surface area contributed by atoms with Crippen LogP contribution in [-0.2, 0) is 0 Å². The zero-order chi connectivity index (χ0) is 13.8. The van der Waals surface area contributed by atoms with E-state index in [1.807, 2.05) is 31.2 Å². The lowest BCUT2D eigenvalue weighted by Gasteiger charge is -2.14. The van der Waals surface area contributed by atoms with Crippen LogP contribution in [0.25, 0.3) is 0 Å². The van der Waals surface area contributed by atoms with Gasteiger partial charge >= 0.3 is 0 Å². The molecule has 98 valence electrons. The Morgan fingerprint density at radius 3 is 2.53 bits per heavy atom. The van der Waals surface area contributed by atoms with Crippen molar-refractivity contribution in [2.24, 2.45) is 0 Å². The van der Waals surface area contributed by atoms with Crippen LogP contribution in [0.1, 0.15) is 28.9 Å². The zero-order valence-electron chi connectivity index (χ0n) is 10.4. The van der Waals surface area contributed by atoms with Crippen molar-refractivity contribution < 1.29 is 9.18 Å². The second-order valence-electron chi connectivity index (χ2n) is 4.26. The average molecular weight is 322 g/mol. The van der Waals surface area contributed by atoms with E-state index in [0.29, 0.717) is 5.56 Å². The fraction of sp³-hybridized carbons (Fsp3) is 0.133. The second kappa shape index (κ2) is 5.97. The lowest BCUT2D eigenvalue weighted by Crippen LogP contribution is -2.26. The molecule has 0 saturated heterocycles. The lowest BCUT2D eigenvalue weighted by molar-refractivity contribution is 0.0939. The molecule has 0 aliphatic rings. The number of halogens is 2. The minimum Gasteiger partial charge on any atom is -0.346 e. The van der Waals surface area contributed by atoms with Crippen LogP contribution in [0.3, 0.4) is 0 Å². The summed E-state index contributed by atoms with van der Waals surface area (Å²) in [6.07, 6.45) is 0. The molecule has 1 N–H and O–H groups in total. The van der Waals surface area contributed by atoms with Crippen molar-refractivity contribution in [3.63, 3.8) is 0 Å². The average Bonchev–Trinajstić information content (AvgIpc) is 2.39. The lowest BCUT2D eigenvalue weighted by atomic mass is 10.1. The maximum atomic E-state index is 13.0. The Morgan fingerprint density at radius 2 is 1.89 bits per heavy atom. The number of amides is 1. The third kappa shape index (κ3) is 3.64. The Labute approximate surface area is 119 Å². The van der Waals surface area contributed by atoms with Gasteiger partial charge in [0.15, 0.2) is 0 Å². The predicted octanol–water partition coefficient (Wildman–Crippen LogP) is 4.08. The van der Waals surface area contributed by atoms with Gasteiger partial charge in [-0.2, -0.15) is 0 Å². The smallest absolute Gasteiger partial charge is 0.251 e. The largest absolute Gasteiger partial charge is 0.346 e. The van der Waals surface area contributed by atoms with E-state index in [1.54, 1.807) is 6.07 Å².